The van der Waals surface area contributed by atoms with Crippen LogP contribution in [0.5, 0.6) is 0 Å². The molecule has 0 radical (unpaired) electrons. The summed E-state index contributed by atoms with van der Waals surface area (Å²) in [5.41, 5.74) is -0.365. The Morgan fingerprint density at radius 1 is 1.40 bits per heavy atom. The van der Waals surface area contributed by atoms with Crippen molar-refractivity contribution in [2.75, 3.05) is 7.11 Å². The molecular formula is C17H17BrFN3O3. The van der Waals surface area contributed by atoms with Crippen molar-refractivity contribution in [3.63, 3.8) is 0 Å². The first kappa shape index (κ1) is 18.9. The molecule has 0 unspecified atom stereocenters. The molecule has 1 N–H and O–H groups in total. The second kappa shape index (κ2) is 7.60. The Bertz CT molecular complexity index is 830. The minimum atomic E-state index is -1.15. The SMILES string of the molecule is COC(=O)C(C)(C)NC(=O)/C=C/c1ccc(-n2cc(Br)cn2)c(F)c1. The number of nitrogens with zero attached hydrogens (tertiary/aromatic N) is 2. The zero-order valence-corrected chi connectivity index (χ0v) is 15.5. The summed E-state index contributed by atoms with van der Waals surface area (Å²) in [6.45, 7) is 3.06. The lowest BCUT2D eigenvalue weighted by atomic mass is 10.1. The lowest BCUT2D eigenvalue weighted by Gasteiger charge is -2.22. The van der Waals surface area contributed by atoms with Gasteiger partial charge in [-0.1, -0.05) is 6.07 Å². The summed E-state index contributed by atoms with van der Waals surface area (Å²) in [6.07, 6.45) is 5.87. The molecule has 0 fully saturated rings. The van der Waals surface area contributed by atoms with E-state index in [4.69, 9.17) is 0 Å². The van der Waals surface area contributed by atoms with E-state index < -0.39 is 23.2 Å². The molecule has 25 heavy (non-hydrogen) atoms. The van der Waals surface area contributed by atoms with Crippen LogP contribution in [0.25, 0.3) is 11.8 Å². The first-order chi connectivity index (χ1) is 11.7. The molecule has 2 rings (SSSR count). The van der Waals surface area contributed by atoms with Crippen LogP contribution in [0.3, 0.4) is 0 Å². The highest BCUT2D eigenvalue weighted by Gasteiger charge is 2.29. The number of carbonyl (C=O) groups excluding carboxylic acids is 2. The van der Waals surface area contributed by atoms with Crippen molar-refractivity contribution in [1.82, 2.24) is 15.1 Å². The number of carbonyl (C=O) groups is 2. The number of halogens is 2. The molecule has 1 amide bonds. The van der Waals surface area contributed by atoms with E-state index in [0.717, 1.165) is 4.47 Å². The standard InChI is InChI=1S/C17H17BrFN3O3/c1-17(2,16(24)25-3)21-15(23)7-5-11-4-6-14(13(19)8-11)22-10-12(18)9-20-22/h4-10H,1-3H3,(H,21,23)/b7-5+. The maximum absolute atomic E-state index is 14.2. The minimum Gasteiger partial charge on any atom is -0.467 e. The van der Waals surface area contributed by atoms with Gasteiger partial charge in [0, 0.05) is 12.3 Å². The van der Waals surface area contributed by atoms with Crippen LogP contribution < -0.4 is 5.32 Å². The first-order valence-electron chi connectivity index (χ1n) is 7.31. The summed E-state index contributed by atoms with van der Waals surface area (Å²) in [4.78, 5) is 23.4. The predicted octanol–water partition coefficient (Wildman–Crippen LogP) is 2.85. The number of rotatable bonds is 5. The molecule has 0 aliphatic heterocycles. The molecule has 1 heterocycles. The smallest absolute Gasteiger partial charge is 0.330 e. The average Bonchev–Trinajstić information content (AvgIpc) is 2.98. The molecule has 1 aromatic heterocycles. The molecule has 0 atom stereocenters. The van der Waals surface area contributed by atoms with Gasteiger partial charge in [-0.25, -0.2) is 13.9 Å². The topological polar surface area (TPSA) is 73.2 Å². The van der Waals surface area contributed by atoms with Crippen LogP contribution in [0.2, 0.25) is 0 Å². The lowest BCUT2D eigenvalue weighted by Crippen LogP contribution is -2.49. The number of esters is 1. The van der Waals surface area contributed by atoms with Crippen LogP contribution >= 0.6 is 15.9 Å². The number of hydrogen-bond acceptors (Lipinski definition) is 4. The number of hydrogen-bond donors (Lipinski definition) is 1. The van der Waals surface area contributed by atoms with Crippen molar-refractivity contribution >= 4 is 33.9 Å². The summed E-state index contributed by atoms with van der Waals surface area (Å²) in [7, 11) is 1.24. The maximum Gasteiger partial charge on any atom is 0.330 e. The molecule has 1 aromatic carbocycles. The molecule has 132 valence electrons. The van der Waals surface area contributed by atoms with Crippen LogP contribution in [0.1, 0.15) is 19.4 Å². The summed E-state index contributed by atoms with van der Waals surface area (Å²) in [6, 6.07) is 4.51. The normalized spacial score (nSPS) is 11.6. The van der Waals surface area contributed by atoms with Gasteiger partial charge in [-0.05, 0) is 53.5 Å². The number of nitrogens with one attached hydrogen (secondary N) is 1. The van der Waals surface area contributed by atoms with Gasteiger partial charge in [0.25, 0.3) is 0 Å². The summed E-state index contributed by atoms with van der Waals surface area (Å²) < 4.78 is 21.0. The molecule has 0 saturated heterocycles. The zero-order chi connectivity index (χ0) is 18.6. The Balaban J connectivity index is 2.10. The highest BCUT2D eigenvalue weighted by molar-refractivity contribution is 9.10. The van der Waals surface area contributed by atoms with Crippen molar-refractivity contribution < 1.29 is 18.7 Å². The molecule has 8 heteroatoms. The van der Waals surface area contributed by atoms with Crippen molar-refractivity contribution in [1.29, 1.82) is 0 Å². The highest BCUT2D eigenvalue weighted by Crippen LogP contribution is 2.18. The fraction of sp³-hybridized carbons (Fsp3) is 0.235. The van der Waals surface area contributed by atoms with E-state index in [0.29, 0.717) is 11.3 Å². The molecule has 0 spiro atoms. The van der Waals surface area contributed by atoms with Crippen molar-refractivity contribution in [3.8, 4) is 5.69 Å². The molecular weight excluding hydrogens is 393 g/mol. The third kappa shape index (κ3) is 4.76. The number of methoxy groups -OCH3 is 1. The summed E-state index contributed by atoms with van der Waals surface area (Å²) >= 11 is 3.25. The van der Waals surface area contributed by atoms with Gasteiger partial charge in [-0.15, -0.1) is 0 Å². The number of aromatic nitrogens is 2. The third-order valence-electron chi connectivity index (χ3n) is 3.33. The predicted molar refractivity (Wildman–Crippen MR) is 94.5 cm³/mol. The van der Waals surface area contributed by atoms with Crippen LogP contribution in [-0.2, 0) is 14.3 Å². The third-order valence-corrected chi connectivity index (χ3v) is 3.74. The number of amides is 1. The van der Waals surface area contributed by atoms with Gasteiger partial charge in [0.05, 0.1) is 17.8 Å². The van der Waals surface area contributed by atoms with E-state index in [1.807, 2.05) is 0 Å². The Kier molecular flexibility index (Phi) is 5.73. The molecule has 0 saturated carbocycles. The van der Waals surface area contributed by atoms with Gasteiger partial charge in [0.15, 0.2) is 0 Å². The van der Waals surface area contributed by atoms with E-state index >= 15 is 0 Å². The Labute approximate surface area is 152 Å². The van der Waals surface area contributed by atoms with Gasteiger partial charge in [0.1, 0.15) is 17.0 Å². The van der Waals surface area contributed by atoms with Gasteiger partial charge >= 0.3 is 5.97 Å². The Morgan fingerprint density at radius 2 is 2.12 bits per heavy atom. The fourth-order valence-electron chi connectivity index (χ4n) is 2.07. The van der Waals surface area contributed by atoms with Crippen LogP contribution in [0.15, 0.2) is 41.1 Å². The Hall–Kier alpha value is -2.48. The first-order valence-corrected chi connectivity index (χ1v) is 8.11. The van der Waals surface area contributed by atoms with E-state index in [9.17, 15) is 14.0 Å². The van der Waals surface area contributed by atoms with Crippen molar-refractivity contribution in [3.05, 3.63) is 52.5 Å². The van der Waals surface area contributed by atoms with Gasteiger partial charge in [-0.3, -0.25) is 4.79 Å². The summed E-state index contributed by atoms with van der Waals surface area (Å²) in [5.74, 6) is -1.53. The average molecular weight is 410 g/mol. The molecule has 2 aromatic rings. The quantitative estimate of drug-likeness (QED) is 0.608. The second-order valence-electron chi connectivity index (χ2n) is 5.75. The van der Waals surface area contributed by atoms with Crippen molar-refractivity contribution in [2.45, 2.75) is 19.4 Å². The maximum atomic E-state index is 14.2. The minimum absolute atomic E-state index is 0.291. The van der Waals surface area contributed by atoms with Crippen LogP contribution in [0.4, 0.5) is 4.39 Å². The molecule has 0 bridgehead atoms. The van der Waals surface area contributed by atoms with E-state index in [1.54, 1.807) is 24.5 Å². The highest BCUT2D eigenvalue weighted by atomic mass is 79.9. The van der Waals surface area contributed by atoms with E-state index in [-0.39, 0.29) is 0 Å². The number of benzene rings is 1. The molecule has 6 nitrogen and oxygen atoms in total. The summed E-state index contributed by atoms with van der Waals surface area (Å²) in [5, 5.41) is 6.54. The Morgan fingerprint density at radius 3 is 2.68 bits per heavy atom. The lowest BCUT2D eigenvalue weighted by molar-refractivity contribution is -0.148. The fourth-order valence-corrected chi connectivity index (χ4v) is 2.36. The van der Waals surface area contributed by atoms with E-state index in [1.165, 1.54) is 43.9 Å². The van der Waals surface area contributed by atoms with Gasteiger partial charge in [0.2, 0.25) is 5.91 Å². The zero-order valence-electron chi connectivity index (χ0n) is 13.9. The van der Waals surface area contributed by atoms with Crippen molar-refractivity contribution in [2.24, 2.45) is 0 Å². The molecule has 0 aliphatic rings. The van der Waals surface area contributed by atoms with Gasteiger partial charge < -0.3 is 10.1 Å². The van der Waals surface area contributed by atoms with Crippen LogP contribution in [-0.4, -0.2) is 34.3 Å². The van der Waals surface area contributed by atoms with E-state index in [2.05, 4.69) is 31.1 Å². The monoisotopic (exact) mass is 409 g/mol. The second-order valence-corrected chi connectivity index (χ2v) is 6.67. The molecule has 0 aliphatic carbocycles. The van der Waals surface area contributed by atoms with Crippen LogP contribution in [0, 0.1) is 5.82 Å². The number of ether oxygens (including phenoxy) is 1. The largest absolute Gasteiger partial charge is 0.467 e. The van der Waals surface area contributed by atoms with Gasteiger partial charge in [-0.2, -0.15) is 5.10 Å².